The number of aromatic nitrogens is 1. The second kappa shape index (κ2) is 8.49. The van der Waals surface area contributed by atoms with Crippen molar-refractivity contribution in [1.29, 1.82) is 0 Å². The molecule has 4 heteroatoms. The maximum atomic E-state index is 12.5. The van der Waals surface area contributed by atoms with Gasteiger partial charge in [0, 0.05) is 11.1 Å². The van der Waals surface area contributed by atoms with Crippen LogP contribution in [0.25, 0.3) is 0 Å². The van der Waals surface area contributed by atoms with E-state index in [1.54, 1.807) is 6.20 Å². The van der Waals surface area contributed by atoms with Crippen LogP contribution in [0, 0.1) is 6.92 Å². The Morgan fingerprint density at radius 3 is 2.40 bits per heavy atom. The van der Waals surface area contributed by atoms with Crippen molar-refractivity contribution in [3.63, 3.8) is 0 Å². The van der Waals surface area contributed by atoms with Crippen LogP contribution < -0.4 is 5.32 Å². The topological polar surface area (TPSA) is 42.0 Å². The zero-order valence-corrected chi connectivity index (χ0v) is 14.9. The number of pyridine rings is 1. The number of aryl methyl sites for hydroxylation is 1. The monoisotopic (exact) mass is 348 g/mol. The highest BCUT2D eigenvalue weighted by molar-refractivity contribution is 8.00. The first kappa shape index (κ1) is 17.2. The van der Waals surface area contributed by atoms with E-state index >= 15 is 0 Å². The second-order valence-corrected chi connectivity index (χ2v) is 6.82. The molecule has 1 N–H and O–H groups in total. The Labute approximate surface area is 152 Å². The number of amides is 1. The van der Waals surface area contributed by atoms with Gasteiger partial charge < -0.3 is 5.32 Å². The molecule has 3 nitrogen and oxygen atoms in total. The zero-order chi connectivity index (χ0) is 17.5. The fraction of sp³-hybridized carbons (Fsp3) is 0.143. The van der Waals surface area contributed by atoms with Crippen LogP contribution in [0.3, 0.4) is 0 Å². The number of benzene rings is 2. The second-order valence-electron chi connectivity index (χ2n) is 5.77. The first-order chi connectivity index (χ1) is 12.2. The number of hydrogen-bond donors (Lipinski definition) is 1. The first-order valence-electron chi connectivity index (χ1n) is 8.17. The van der Waals surface area contributed by atoms with Crippen LogP contribution in [-0.2, 0) is 4.79 Å². The van der Waals surface area contributed by atoms with Crippen LogP contribution in [0.15, 0.2) is 83.9 Å². The summed E-state index contributed by atoms with van der Waals surface area (Å²) in [6.45, 7) is 2.05. The summed E-state index contributed by atoms with van der Waals surface area (Å²) in [5, 5.41) is 3.11. The SMILES string of the molecule is Cc1ccc(SCC(=O)N[C@@H](c2ccccc2)c2ccccn2)cc1. The molecule has 0 saturated carbocycles. The largest absolute Gasteiger partial charge is 0.343 e. The quantitative estimate of drug-likeness (QED) is 0.672. The van der Waals surface area contributed by atoms with Gasteiger partial charge in [0.25, 0.3) is 0 Å². The van der Waals surface area contributed by atoms with Crippen molar-refractivity contribution in [3.8, 4) is 0 Å². The number of nitrogens with zero attached hydrogens (tertiary/aromatic N) is 1. The average Bonchev–Trinajstić information content (AvgIpc) is 2.67. The lowest BCUT2D eigenvalue weighted by atomic mass is 10.0. The molecule has 0 saturated heterocycles. The van der Waals surface area contributed by atoms with E-state index in [0.717, 1.165) is 16.2 Å². The van der Waals surface area contributed by atoms with Gasteiger partial charge in [0.05, 0.1) is 17.5 Å². The molecule has 1 aromatic heterocycles. The van der Waals surface area contributed by atoms with Crippen LogP contribution in [0.4, 0.5) is 0 Å². The number of carbonyl (C=O) groups excluding carboxylic acids is 1. The van der Waals surface area contributed by atoms with Gasteiger partial charge in [-0.2, -0.15) is 0 Å². The van der Waals surface area contributed by atoms with E-state index in [-0.39, 0.29) is 11.9 Å². The molecule has 0 unspecified atom stereocenters. The molecule has 0 aliphatic carbocycles. The van der Waals surface area contributed by atoms with Crippen molar-refractivity contribution in [1.82, 2.24) is 10.3 Å². The molecule has 25 heavy (non-hydrogen) atoms. The summed E-state index contributed by atoms with van der Waals surface area (Å²) in [5.74, 6) is 0.365. The number of carbonyl (C=O) groups is 1. The van der Waals surface area contributed by atoms with Gasteiger partial charge in [0.2, 0.25) is 5.91 Å². The fourth-order valence-electron chi connectivity index (χ4n) is 2.51. The van der Waals surface area contributed by atoms with Crippen molar-refractivity contribution in [3.05, 3.63) is 95.8 Å². The van der Waals surface area contributed by atoms with E-state index < -0.39 is 0 Å². The van der Waals surface area contributed by atoms with Crippen molar-refractivity contribution >= 4 is 17.7 Å². The van der Waals surface area contributed by atoms with Gasteiger partial charge in [-0.1, -0.05) is 54.1 Å². The summed E-state index contributed by atoms with van der Waals surface area (Å²) in [7, 11) is 0. The van der Waals surface area contributed by atoms with E-state index in [2.05, 4.69) is 29.4 Å². The maximum absolute atomic E-state index is 12.5. The Morgan fingerprint density at radius 2 is 1.72 bits per heavy atom. The number of nitrogens with one attached hydrogen (secondary N) is 1. The molecular formula is C21H20N2OS. The normalized spacial score (nSPS) is 11.7. The average molecular weight is 348 g/mol. The standard InChI is InChI=1S/C21H20N2OS/c1-16-10-12-18(13-11-16)25-15-20(24)23-21(17-7-3-2-4-8-17)19-9-5-6-14-22-19/h2-14,21H,15H2,1H3,(H,23,24)/t21-/m0/s1. The molecule has 2 aromatic carbocycles. The Hall–Kier alpha value is -2.59. The van der Waals surface area contributed by atoms with Crippen molar-refractivity contribution < 1.29 is 4.79 Å². The Balaban J connectivity index is 1.69. The zero-order valence-electron chi connectivity index (χ0n) is 14.1. The van der Waals surface area contributed by atoms with Gasteiger partial charge in [-0.05, 0) is 36.8 Å². The predicted octanol–water partition coefficient (Wildman–Crippen LogP) is 4.39. The highest BCUT2D eigenvalue weighted by atomic mass is 32.2. The summed E-state index contributed by atoms with van der Waals surface area (Å²) in [6, 6.07) is 23.6. The molecule has 1 amide bonds. The molecule has 0 spiro atoms. The molecule has 126 valence electrons. The van der Waals surface area contributed by atoms with Crippen LogP contribution in [0.1, 0.15) is 22.9 Å². The molecule has 3 rings (SSSR count). The van der Waals surface area contributed by atoms with Gasteiger partial charge in [-0.3, -0.25) is 9.78 Å². The predicted molar refractivity (Wildman–Crippen MR) is 103 cm³/mol. The van der Waals surface area contributed by atoms with Crippen molar-refractivity contribution in [2.45, 2.75) is 17.9 Å². The lowest BCUT2D eigenvalue weighted by Gasteiger charge is -2.18. The third-order valence-electron chi connectivity index (χ3n) is 3.81. The Bertz CT molecular complexity index is 765. The maximum Gasteiger partial charge on any atom is 0.231 e. The summed E-state index contributed by atoms with van der Waals surface area (Å²) in [4.78, 5) is 18.0. The molecule has 0 aliphatic heterocycles. The van der Waals surface area contributed by atoms with E-state index in [1.165, 1.54) is 17.3 Å². The van der Waals surface area contributed by atoms with E-state index in [0.29, 0.717) is 5.75 Å². The lowest BCUT2D eigenvalue weighted by molar-refractivity contribution is -0.119. The summed E-state index contributed by atoms with van der Waals surface area (Å²) < 4.78 is 0. The minimum atomic E-state index is -0.242. The van der Waals surface area contributed by atoms with E-state index in [4.69, 9.17) is 0 Å². The van der Waals surface area contributed by atoms with Gasteiger partial charge in [-0.25, -0.2) is 0 Å². The number of rotatable bonds is 6. The summed E-state index contributed by atoms with van der Waals surface area (Å²) in [5.41, 5.74) is 3.07. The molecule has 0 fully saturated rings. The molecule has 1 heterocycles. The van der Waals surface area contributed by atoms with Crippen LogP contribution >= 0.6 is 11.8 Å². The first-order valence-corrected chi connectivity index (χ1v) is 9.15. The lowest BCUT2D eigenvalue weighted by Crippen LogP contribution is -2.31. The van der Waals surface area contributed by atoms with Crippen LogP contribution in [0.2, 0.25) is 0 Å². The van der Waals surface area contributed by atoms with Crippen LogP contribution in [0.5, 0.6) is 0 Å². The number of thioether (sulfide) groups is 1. The van der Waals surface area contributed by atoms with E-state index in [9.17, 15) is 4.79 Å². The van der Waals surface area contributed by atoms with Gasteiger partial charge >= 0.3 is 0 Å². The minimum Gasteiger partial charge on any atom is -0.343 e. The summed E-state index contributed by atoms with van der Waals surface area (Å²) >= 11 is 1.54. The molecule has 1 atom stereocenters. The third-order valence-corrected chi connectivity index (χ3v) is 4.82. The highest BCUT2D eigenvalue weighted by Gasteiger charge is 2.17. The molecule has 0 aliphatic rings. The smallest absolute Gasteiger partial charge is 0.231 e. The Morgan fingerprint density at radius 1 is 1.00 bits per heavy atom. The number of hydrogen-bond acceptors (Lipinski definition) is 3. The molecule has 0 radical (unpaired) electrons. The van der Waals surface area contributed by atoms with Crippen molar-refractivity contribution in [2.75, 3.05) is 5.75 Å². The molecule has 3 aromatic rings. The van der Waals surface area contributed by atoms with E-state index in [1.807, 2.05) is 60.7 Å². The van der Waals surface area contributed by atoms with Gasteiger partial charge in [0.1, 0.15) is 0 Å². The van der Waals surface area contributed by atoms with Gasteiger partial charge in [-0.15, -0.1) is 11.8 Å². The fourth-order valence-corrected chi connectivity index (χ4v) is 3.22. The molecule has 0 bridgehead atoms. The Kier molecular flexibility index (Phi) is 5.86. The highest BCUT2D eigenvalue weighted by Crippen LogP contribution is 2.22. The minimum absolute atomic E-state index is 0.00918. The molecular weight excluding hydrogens is 328 g/mol. The van der Waals surface area contributed by atoms with Gasteiger partial charge in [0.15, 0.2) is 0 Å². The third kappa shape index (κ3) is 4.94. The van der Waals surface area contributed by atoms with Crippen molar-refractivity contribution in [2.24, 2.45) is 0 Å². The summed E-state index contributed by atoms with van der Waals surface area (Å²) in [6.07, 6.45) is 1.75. The van der Waals surface area contributed by atoms with Crippen LogP contribution in [-0.4, -0.2) is 16.6 Å².